The van der Waals surface area contributed by atoms with Gasteiger partial charge in [-0.2, -0.15) is 0 Å². The van der Waals surface area contributed by atoms with Crippen LogP contribution in [-0.4, -0.2) is 19.8 Å². The molecule has 1 aliphatic heterocycles. The maximum Gasteiger partial charge on any atom is 0.261 e. The summed E-state index contributed by atoms with van der Waals surface area (Å²) >= 11 is 0. The largest absolute Gasteiger partial charge is 0.508 e. The number of phenolic OH excluding ortho intramolecular Hbond substituents is 1. The van der Waals surface area contributed by atoms with Crippen molar-refractivity contribution < 1.29 is 10.2 Å². The van der Waals surface area contributed by atoms with Crippen LogP contribution in [0.4, 0.5) is 0 Å². The number of rotatable bonds is 0. The minimum atomic E-state index is -0.661. The van der Waals surface area contributed by atoms with Crippen LogP contribution in [0.1, 0.15) is 18.3 Å². The number of benzene rings is 1. The summed E-state index contributed by atoms with van der Waals surface area (Å²) in [5.74, 6) is 0.466. The fourth-order valence-electron chi connectivity index (χ4n) is 2.08. The molecule has 2 aromatic rings. The van der Waals surface area contributed by atoms with Gasteiger partial charge in [0, 0.05) is 6.54 Å². The normalized spacial score (nSPS) is 18.9. The summed E-state index contributed by atoms with van der Waals surface area (Å²) in [5, 5.41) is 19.4. The Hall–Kier alpha value is -1.88. The number of aromatic hydroxyl groups is 1. The van der Waals surface area contributed by atoms with Crippen LogP contribution in [-0.2, 0) is 6.54 Å². The first-order valence-electron chi connectivity index (χ1n) is 5.08. The molecule has 1 aromatic carbocycles. The molecule has 1 aliphatic rings. The number of fused-ring (bicyclic) bond motifs is 2. The molecule has 2 heterocycles. The molecule has 5 nitrogen and oxygen atoms in total. The third-order valence-corrected chi connectivity index (χ3v) is 2.89. The zero-order valence-corrected chi connectivity index (χ0v) is 8.42. The average Bonchev–Trinajstić information content (AvgIpc) is 2.63. The summed E-state index contributed by atoms with van der Waals surface area (Å²) in [7, 11) is 0. The van der Waals surface area contributed by atoms with Crippen LogP contribution < -0.4 is 5.56 Å². The molecular formula is C11H10N2O3. The van der Waals surface area contributed by atoms with E-state index in [0.717, 1.165) is 0 Å². The van der Waals surface area contributed by atoms with E-state index in [4.69, 9.17) is 0 Å². The van der Waals surface area contributed by atoms with E-state index in [1.54, 1.807) is 6.07 Å². The Labute approximate surface area is 90.6 Å². The molecule has 0 spiro atoms. The lowest BCUT2D eigenvalue weighted by molar-refractivity contribution is 0.176. The fraction of sp³-hybridized carbons (Fsp3) is 0.273. The third kappa shape index (κ3) is 1.15. The predicted octanol–water partition coefficient (Wildman–Crippen LogP) is 0.539. The van der Waals surface area contributed by atoms with Gasteiger partial charge in [-0.3, -0.25) is 9.36 Å². The second kappa shape index (κ2) is 3.05. The van der Waals surface area contributed by atoms with Crippen LogP contribution in [0.25, 0.3) is 10.9 Å². The highest BCUT2D eigenvalue weighted by atomic mass is 16.3. The molecule has 2 N–H and O–H groups in total. The van der Waals surface area contributed by atoms with Crippen LogP contribution >= 0.6 is 0 Å². The lowest BCUT2D eigenvalue weighted by Crippen LogP contribution is -2.21. The Bertz CT molecular complexity index is 633. The van der Waals surface area contributed by atoms with Crippen molar-refractivity contribution in [3.8, 4) is 5.75 Å². The fourth-order valence-corrected chi connectivity index (χ4v) is 2.08. The van der Waals surface area contributed by atoms with Gasteiger partial charge in [-0.15, -0.1) is 0 Å². The van der Waals surface area contributed by atoms with E-state index >= 15 is 0 Å². The molecule has 0 fully saturated rings. The van der Waals surface area contributed by atoms with Gasteiger partial charge in [-0.05, 0) is 24.6 Å². The van der Waals surface area contributed by atoms with E-state index in [-0.39, 0.29) is 11.3 Å². The summed E-state index contributed by atoms with van der Waals surface area (Å²) in [6.45, 7) is 0.480. The van der Waals surface area contributed by atoms with E-state index in [0.29, 0.717) is 29.7 Å². The van der Waals surface area contributed by atoms with Gasteiger partial charge in [0.1, 0.15) is 17.7 Å². The van der Waals surface area contributed by atoms with Crippen LogP contribution in [0, 0.1) is 0 Å². The van der Waals surface area contributed by atoms with Gasteiger partial charge < -0.3 is 10.2 Å². The number of aliphatic hydroxyl groups excluding tert-OH is 1. The van der Waals surface area contributed by atoms with Gasteiger partial charge in [0.25, 0.3) is 5.56 Å². The van der Waals surface area contributed by atoms with Crippen molar-refractivity contribution in [3.05, 3.63) is 34.4 Å². The van der Waals surface area contributed by atoms with Crippen molar-refractivity contribution in [3.63, 3.8) is 0 Å². The number of hydrogen-bond donors (Lipinski definition) is 2. The van der Waals surface area contributed by atoms with Crippen LogP contribution in [0.5, 0.6) is 5.75 Å². The van der Waals surface area contributed by atoms with Gasteiger partial charge in [0.15, 0.2) is 0 Å². The second-order valence-electron chi connectivity index (χ2n) is 3.93. The molecule has 0 saturated heterocycles. The highest BCUT2D eigenvalue weighted by Gasteiger charge is 2.24. The van der Waals surface area contributed by atoms with Crippen molar-refractivity contribution in [2.75, 3.05) is 0 Å². The Morgan fingerprint density at radius 3 is 3.06 bits per heavy atom. The monoisotopic (exact) mass is 218 g/mol. The molecule has 0 aliphatic carbocycles. The summed E-state index contributed by atoms with van der Waals surface area (Å²) in [6.07, 6.45) is -0.143. The Balaban J connectivity index is 2.44. The number of nitrogens with zero attached hydrogens (tertiary/aromatic N) is 2. The number of phenols is 1. The Morgan fingerprint density at radius 1 is 1.44 bits per heavy atom. The van der Waals surface area contributed by atoms with Gasteiger partial charge in [0.2, 0.25) is 0 Å². The van der Waals surface area contributed by atoms with Crippen molar-refractivity contribution in [1.29, 1.82) is 0 Å². The first-order chi connectivity index (χ1) is 7.66. The van der Waals surface area contributed by atoms with Crippen LogP contribution in [0.3, 0.4) is 0 Å². The lowest BCUT2D eigenvalue weighted by Gasteiger charge is -2.06. The van der Waals surface area contributed by atoms with Crippen molar-refractivity contribution in [2.45, 2.75) is 19.1 Å². The minimum Gasteiger partial charge on any atom is -0.508 e. The van der Waals surface area contributed by atoms with Gasteiger partial charge in [-0.25, -0.2) is 4.98 Å². The maximum atomic E-state index is 12.0. The van der Waals surface area contributed by atoms with Crippen LogP contribution in [0.2, 0.25) is 0 Å². The molecule has 0 amide bonds. The van der Waals surface area contributed by atoms with Gasteiger partial charge in [-0.1, -0.05) is 0 Å². The molecule has 82 valence electrons. The molecule has 5 heteroatoms. The van der Waals surface area contributed by atoms with E-state index in [9.17, 15) is 15.0 Å². The average molecular weight is 218 g/mol. The number of aromatic nitrogens is 2. The first-order valence-corrected chi connectivity index (χ1v) is 5.08. The molecule has 1 aromatic heterocycles. The molecule has 3 rings (SSSR count). The third-order valence-electron chi connectivity index (χ3n) is 2.89. The summed E-state index contributed by atoms with van der Waals surface area (Å²) in [4.78, 5) is 16.3. The molecule has 1 atom stereocenters. The summed E-state index contributed by atoms with van der Waals surface area (Å²) < 4.78 is 1.46. The molecule has 0 radical (unpaired) electrons. The lowest BCUT2D eigenvalue weighted by atomic mass is 10.2. The topological polar surface area (TPSA) is 75.3 Å². The standard InChI is InChI=1S/C11H10N2O3/c14-6-1-2-8-7(5-6)11(16)13-4-3-9(15)10(13)12-8/h1-2,5,9,14-15H,3-4H2/t9-/m1/s1. The molecule has 16 heavy (non-hydrogen) atoms. The zero-order valence-electron chi connectivity index (χ0n) is 8.42. The second-order valence-corrected chi connectivity index (χ2v) is 3.93. The predicted molar refractivity (Wildman–Crippen MR) is 57.2 cm³/mol. The van der Waals surface area contributed by atoms with E-state index in [1.807, 2.05) is 0 Å². The van der Waals surface area contributed by atoms with Crippen molar-refractivity contribution in [1.82, 2.24) is 9.55 Å². The highest BCUT2D eigenvalue weighted by Crippen LogP contribution is 2.24. The summed E-state index contributed by atoms with van der Waals surface area (Å²) in [5.41, 5.74) is 0.308. The van der Waals surface area contributed by atoms with Gasteiger partial charge >= 0.3 is 0 Å². The first kappa shape index (κ1) is 9.35. The quantitative estimate of drug-likeness (QED) is 0.676. The van der Waals surface area contributed by atoms with E-state index in [1.165, 1.54) is 16.7 Å². The maximum absolute atomic E-state index is 12.0. The SMILES string of the molecule is O=c1c2cc(O)ccc2nc2n1CC[C@H]2O. The van der Waals surface area contributed by atoms with Crippen molar-refractivity contribution >= 4 is 10.9 Å². The summed E-state index contributed by atoms with van der Waals surface area (Å²) in [6, 6.07) is 4.47. The molecule has 0 bridgehead atoms. The van der Waals surface area contributed by atoms with E-state index < -0.39 is 6.10 Å². The van der Waals surface area contributed by atoms with E-state index in [2.05, 4.69) is 4.98 Å². The Kier molecular flexibility index (Phi) is 1.79. The molecular weight excluding hydrogens is 208 g/mol. The molecule has 0 unspecified atom stereocenters. The zero-order chi connectivity index (χ0) is 11.3. The molecule has 0 saturated carbocycles. The van der Waals surface area contributed by atoms with Crippen molar-refractivity contribution in [2.24, 2.45) is 0 Å². The minimum absolute atomic E-state index is 0.0468. The van der Waals surface area contributed by atoms with Crippen LogP contribution in [0.15, 0.2) is 23.0 Å². The number of aliphatic hydroxyl groups is 1. The number of hydrogen-bond acceptors (Lipinski definition) is 4. The Morgan fingerprint density at radius 2 is 2.25 bits per heavy atom. The highest BCUT2D eigenvalue weighted by molar-refractivity contribution is 5.79. The smallest absolute Gasteiger partial charge is 0.261 e. The van der Waals surface area contributed by atoms with Gasteiger partial charge in [0.05, 0.1) is 10.9 Å².